The number of rotatable bonds is 3. The first-order valence-corrected chi connectivity index (χ1v) is 6.73. The number of aromatic amines is 1. The van der Waals surface area contributed by atoms with Gasteiger partial charge in [-0.3, -0.25) is 4.79 Å². The van der Waals surface area contributed by atoms with Gasteiger partial charge in [-0.2, -0.15) is 0 Å². The number of carbonyl (C=O) groups excluding carboxylic acids is 1. The molecule has 0 aliphatic heterocycles. The second-order valence-electron chi connectivity index (χ2n) is 4.71. The van der Waals surface area contributed by atoms with E-state index in [1.807, 2.05) is 49.6 Å². The van der Waals surface area contributed by atoms with Gasteiger partial charge >= 0.3 is 0 Å². The van der Waals surface area contributed by atoms with E-state index in [4.69, 9.17) is 0 Å². The second-order valence-corrected chi connectivity index (χ2v) is 4.71. The first-order chi connectivity index (χ1) is 10.3. The maximum atomic E-state index is 11.6. The number of aromatic nitrogens is 2. The Kier molecular flexibility index (Phi) is 3.51. The molecule has 21 heavy (non-hydrogen) atoms. The minimum Gasteiger partial charge on any atom is -0.346 e. The molecule has 0 atom stereocenters. The monoisotopic (exact) mass is 277 g/mol. The Morgan fingerprint density at radius 3 is 3.00 bits per heavy atom. The van der Waals surface area contributed by atoms with Crippen molar-refractivity contribution < 1.29 is 4.79 Å². The topological polar surface area (TPSA) is 57.8 Å². The Hall–Kier alpha value is -2.88. The van der Waals surface area contributed by atoms with Gasteiger partial charge in [0, 0.05) is 29.0 Å². The van der Waals surface area contributed by atoms with Crippen LogP contribution in [0.4, 0.5) is 5.69 Å². The molecule has 4 nitrogen and oxygen atoms in total. The van der Waals surface area contributed by atoms with Crippen LogP contribution in [0.2, 0.25) is 0 Å². The third-order valence-corrected chi connectivity index (χ3v) is 3.18. The molecule has 0 bridgehead atoms. The molecule has 3 rings (SSSR count). The second kappa shape index (κ2) is 5.63. The van der Waals surface area contributed by atoms with Gasteiger partial charge in [0.05, 0.1) is 0 Å². The molecule has 0 unspecified atom stereocenters. The van der Waals surface area contributed by atoms with Crippen LogP contribution in [0.15, 0.2) is 60.9 Å². The average molecular weight is 277 g/mol. The lowest BCUT2D eigenvalue weighted by Crippen LogP contribution is -2.07. The molecule has 0 saturated heterocycles. The fourth-order valence-electron chi connectivity index (χ4n) is 2.21. The molecule has 1 amide bonds. The molecule has 4 heteroatoms. The van der Waals surface area contributed by atoms with Crippen molar-refractivity contribution in [3.05, 3.63) is 60.9 Å². The van der Waals surface area contributed by atoms with Gasteiger partial charge in [0.15, 0.2) is 0 Å². The average Bonchev–Trinajstić information content (AvgIpc) is 2.95. The van der Waals surface area contributed by atoms with Crippen LogP contribution in [0.3, 0.4) is 0 Å². The zero-order valence-electron chi connectivity index (χ0n) is 11.6. The van der Waals surface area contributed by atoms with E-state index < -0.39 is 0 Å². The maximum absolute atomic E-state index is 11.6. The lowest BCUT2D eigenvalue weighted by molar-refractivity contribution is -0.111. The number of anilines is 1. The molecule has 3 aromatic rings. The van der Waals surface area contributed by atoms with Crippen LogP contribution in [0.25, 0.3) is 22.2 Å². The van der Waals surface area contributed by atoms with E-state index in [2.05, 4.69) is 21.4 Å². The molecule has 0 aliphatic carbocycles. The van der Waals surface area contributed by atoms with Crippen molar-refractivity contribution in [1.29, 1.82) is 0 Å². The van der Waals surface area contributed by atoms with Crippen molar-refractivity contribution in [2.24, 2.45) is 0 Å². The van der Waals surface area contributed by atoms with Crippen molar-refractivity contribution in [3.63, 3.8) is 0 Å². The van der Waals surface area contributed by atoms with E-state index in [-0.39, 0.29) is 5.91 Å². The van der Waals surface area contributed by atoms with E-state index in [9.17, 15) is 4.79 Å². The summed E-state index contributed by atoms with van der Waals surface area (Å²) in [6.07, 6.45) is 6.91. The van der Waals surface area contributed by atoms with Gasteiger partial charge < -0.3 is 10.3 Å². The molecule has 2 heterocycles. The summed E-state index contributed by atoms with van der Waals surface area (Å²) < 4.78 is 0. The van der Waals surface area contributed by atoms with Crippen molar-refractivity contribution in [1.82, 2.24) is 9.97 Å². The fourth-order valence-corrected chi connectivity index (χ4v) is 2.21. The lowest BCUT2D eigenvalue weighted by atomic mass is 10.1. The number of hydrogen-bond donors (Lipinski definition) is 2. The molecule has 2 aromatic heterocycles. The molecule has 0 spiro atoms. The largest absolute Gasteiger partial charge is 0.346 e. The highest BCUT2D eigenvalue weighted by atomic mass is 16.1. The molecule has 0 fully saturated rings. The summed E-state index contributed by atoms with van der Waals surface area (Å²) in [5.74, 6) is -0.131. The first-order valence-electron chi connectivity index (χ1n) is 6.73. The Balaban J connectivity index is 1.93. The molecular weight excluding hydrogens is 262 g/mol. The van der Waals surface area contributed by atoms with E-state index in [0.29, 0.717) is 0 Å². The number of nitrogens with zero attached hydrogens (tertiary/aromatic N) is 1. The van der Waals surface area contributed by atoms with E-state index in [1.54, 1.807) is 6.08 Å². The summed E-state index contributed by atoms with van der Waals surface area (Å²) in [6.45, 7) is 1.81. The summed E-state index contributed by atoms with van der Waals surface area (Å²) in [6, 6.07) is 11.8. The van der Waals surface area contributed by atoms with Gasteiger partial charge in [0.25, 0.3) is 0 Å². The summed E-state index contributed by atoms with van der Waals surface area (Å²) >= 11 is 0. The van der Waals surface area contributed by atoms with Crippen molar-refractivity contribution >= 4 is 22.6 Å². The maximum Gasteiger partial charge on any atom is 0.248 e. The van der Waals surface area contributed by atoms with Crippen LogP contribution in [-0.2, 0) is 4.79 Å². The Morgan fingerprint density at radius 2 is 2.14 bits per heavy atom. The van der Waals surface area contributed by atoms with Crippen LogP contribution >= 0.6 is 0 Å². The van der Waals surface area contributed by atoms with Crippen LogP contribution < -0.4 is 5.32 Å². The summed E-state index contributed by atoms with van der Waals surface area (Å²) in [5.41, 5.74) is 3.68. The highest BCUT2D eigenvalue weighted by molar-refractivity contribution is 5.99. The fraction of sp³-hybridized carbons (Fsp3) is 0.0588. The van der Waals surface area contributed by atoms with Gasteiger partial charge in [0.1, 0.15) is 5.65 Å². The van der Waals surface area contributed by atoms with Gasteiger partial charge in [-0.15, -0.1) is 0 Å². The SMILES string of the molecule is C/C=C/C(=O)Nc1cccc(-c2cnc3[nH]ccc3c2)c1. The number of benzene rings is 1. The number of allylic oxidation sites excluding steroid dienone is 1. The molecule has 0 saturated carbocycles. The van der Waals surface area contributed by atoms with Gasteiger partial charge in [-0.05, 0) is 42.8 Å². The van der Waals surface area contributed by atoms with Crippen molar-refractivity contribution in [3.8, 4) is 11.1 Å². The molecule has 0 aliphatic rings. The third-order valence-electron chi connectivity index (χ3n) is 3.18. The highest BCUT2D eigenvalue weighted by Gasteiger charge is 2.04. The summed E-state index contributed by atoms with van der Waals surface area (Å²) in [5, 5.41) is 3.90. The molecule has 104 valence electrons. The number of amides is 1. The van der Waals surface area contributed by atoms with E-state index in [0.717, 1.165) is 27.8 Å². The number of pyridine rings is 1. The number of hydrogen-bond acceptors (Lipinski definition) is 2. The van der Waals surface area contributed by atoms with Crippen LogP contribution in [-0.4, -0.2) is 15.9 Å². The third kappa shape index (κ3) is 2.84. The van der Waals surface area contributed by atoms with Gasteiger partial charge in [-0.25, -0.2) is 4.98 Å². The van der Waals surface area contributed by atoms with E-state index >= 15 is 0 Å². The minimum atomic E-state index is -0.131. The van der Waals surface area contributed by atoms with Crippen molar-refractivity contribution in [2.45, 2.75) is 6.92 Å². The number of fused-ring (bicyclic) bond motifs is 1. The zero-order valence-corrected chi connectivity index (χ0v) is 11.6. The summed E-state index contributed by atoms with van der Waals surface area (Å²) in [7, 11) is 0. The minimum absolute atomic E-state index is 0.131. The summed E-state index contributed by atoms with van der Waals surface area (Å²) in [4.78, 5) is 19.0. The van der Waals surface area contributed by atoms with Crippen LogP contribution in [0.1, 0.15) is 6.92 Å². The number of carbonyl (C=O) groups is 1. The van der Waals surface area contributed by atoms with Gasteiger partial charge in [0.2, 0.25) is 5.91 Å². The predicted octanol–water partition coefficient (Wildman–Crippen LogP) is 3.74. The lowest BCUT2D eigenvalue weighted by Gasteiger charge is -2.06. The molecular formula is C17H15N3O. The Morgan fingerprint density at radius 1 is 1.24 bits per heavy atom. The highest BCUT2D eigenvalue weighted by Crippen LogP contribution is 2.24. The zero-order chi connectivity index (χ0) is 14.7. The Labute approximate surface area is 122 Å². The first kappa shape index (κ1) is 13.1. The van der Waals surface area contributed by atoms with Crippen LogP contribution in [0, 0.1) is 0 Å². The number of nitrogens with one attached hydrogen (secondary N) is 2. The molecule has 1 aromatic carbocycles. The van der Waals surface area contributed by atoms with E-state index in [1.165, 1.54) is 6.08 Å². The normalized spacial score (nSPS) is 11.1. The smallest absolute Gasteiger partial charge is 0.248 e. The predicted molar refractivity (Wildman–Crippen MR) is 85.0 cm³/mol. The number of H-pyrrole nitrogens is 1. The standard InChI is InChI=1S/C17H15N3O/c1-2-4-16(21)20-15-6-3-5-12(10-15)14-9-13-7-8-18-17(13)19-11-14/h2-11H,1H3,(H,18,19)(H,20,21)/b4-2+. The Bertz CT molecular complexity index is 818. The molecule has 0 radical (unpaired) electrons. The van der Waals surface area contributed by atoms with Gasteiger partial charge in [-0.1, -0.05) is 18.2 Å². The molecule has 2 N–H and O–H groups in total. The quantitative estimate of drug-likeness (QED) is 0.716. The van der Waals surface area contributed by atoms with Crippen molar-refractivity contribution in [2.75, 3.05) is 5.32 Å². The van der Waals surface area contributed by atoms with Crippen LogP contribution in [0.5, 0.6) is 0 Å².